The van der Waals surface area contributed by atoms with Crippen molar-refractivity contribution in [2.45, 2.75) is 20.3 Å². The Morgan fingerprint density at radius 1 is 1.44 bits per heavy atom. The first-order valence-corrected chi connectivity index (χ1v) is 5.47. The van der Waals surface area contributed by atoms with Crippen LogP contribution in [0.5, 0.6) is 0 Å². The van der Waals surface area contributed by atoms with Crippen LogP contribution in [0, 0.1) is 6.92 Å². The van der Waals surface area contributed by atoms with Crippen molar-refractivity contribution in [2.75, 3.05) is 0 Å². The molecule has 0 atom stereocenters. The molecule has 0 aliphatic heterocycles. The van der Waals surface area contributed by atoms with Gasteiger partial charge in [-0.2, -0.15) is 0 Å². The molecule has 1 nitrogen and oxygen atoms in total. The standard InChI is InChI=1S/C15H19N/c1-5-7-13(6-2)15-10-14(12(4)16)9-8-11(15)3/h5,7-10H,1,4,6,16H2,2-3H3/b13-7-. The highest BCUT2D eigenvalue weighted by atomic mass is 14.6. The highest BCUT2D eigenvalue weighted by Crippen LogP contribution is 2.24. The summed E-state index contributed by atoms with van der Waals surface area (Å²) >= 11 is 0. The molecule has 0 saturated carbocycles. The summed E-state index contributed by atoms with van der Waals surface area (Å²) in [6.45, 7) is 11.7. The van der Waals surface area contributed by atoms with Crippen molar-refractivity contribution in [3.8, 4) is 0 Å². The van der Waals surface area contributed by atoms with Crippen LogP contribution in [-0.2, 0) is 0 Å². The number of benzene rings is 1. The van der Waals surface area contributed by atoms with E-state index >= 15 is 0 Å². The summed E-state index contributed by atoms with van der Waals surface area (Å²) in [5, 5.41) is 0. The summed E-state index contributed by atoms with van der Waals surface area (Å²) < 4.78 is 0. The molecule has 0 aromatic heterocycles. The van der Waals surface area contributed by atoms with Crippen LogP contribution >= 0.6 is 0 Å². The Hall–Kier alpha value is -1.76. The molecule has 0 unspecified atom stereocenters. The lowest BCUT2D eigenvalue weighted by atomic mass is 9.95. The van der Waals surface area contributed by atoms with Crippen LogP contribution in [0.4, 0.5) is 0 Å². The molecule has 0 aliphatic carbocycles. The normalized spacial score (nSPS) is 11.2. The average Bonchev–Trinajstić information content (AvgIpc) is 2.26. The van der Waals surface area contributed by atoms with Gasteiger partial charge in [0.1, 0.15) is 0 Å². The van der Waals surface area contributed by atoms with Crippen molar-refractivity contribution in [2.24, 2.45) is 5.73 Å². The molecule has 0 amide bonds. The number of nitrogens with two attached hydrogens (primary N) is 1. The van der Waals surface area contributed by atoms with Crippen LogP contribution in [0.1, 0.15) is 30.0 Å². The van der Waals surface area contributed by atoms with Gasteiger partial charge >= 0.3 is 0 Å². The minimum absolute atomic E-state index is 0.607. The quantitative estimate of drug-likeness (QED) is 0.754. The Bertz CT molecular complexity index is 439. The number of hydrogen-bond acceptors (Lipinski definition) is 1. The van der Waals surface area contributed by atoms with E-state index < -0.39 is 0 Å². The second-order valence-electron chi connectivity index (χ2n) is 3.84. The van der Waals surface area contributed by atoms with Gasteiger partial charge < -0.3 is 5.73 Å². The minimum Gasteiger partial charge on any atom is -0.399 e. The van der Waals surface area contributed by atoms with Gasteiger partial charge in [-0.15, -0.1) is 0 Å². The monoisotopic (exact) mass is 213 g/mol. The first-order chi connectivity index (χ1) is 7.60. The molecule has 0 heterocycles. The zero-order chi connectivity index (χ0) is 12.1. The molecule has 0 fully saturated rings. The lowest BCUT2D eigenvalue weighted by Crippen LogP contribution is -1.97. The Labute approximate surface area is 98.0 Å². The van der Waals surface area contributed by atoms with E-state index in [0.717, 1.165) is 12.0 Å². The predicted molar refractivity (Wildman–Crippen MR) is 72.9 cm³/mol. The van der Waals surface area contributed by atoms with Gasteiger partial charge in [0.05, 0.1) is 0 Å². The smallest absolute Gasteiger partial charge is 0.0314 e. The minimum atomic E-state index is 0.607. The fourth-order valence-electron chi connectivity index (χ4n) is 1.71. The van der Waals surface area contributed by atoms with Crippen LogP contribution in [0.2, 0.25) is 0 Å². The molecule has 16 heavy (non-hydrogen) atoms. The van der Waals surface area contributed by atoms with Crippen molar-refractivity contribution in [1.82, 2.24) is 0 Å². The third-order valence-electron chi connectivity index (χ3n) is 2.65. The summed E-state index contributed by atoms with van der Waals surface area (Å²) in [5.41, 5.74) is 11.1. The molecule has 1 aromatic carbocycles. The highest BCUT2D eigenvalue weighted by molar-refractivity contribution is 5.73. The topological polar surface area (TPSA) is 26.0 Å². The molecule has 2 N–H and O–H groups in total. The van der Waals surface area contributed by atoms with E-state index in [-0.39, 0.29) is 0 Å². The molecular formula is C15H19N. The predicted octanol–water partition coefficient (Wildman–Crippen LogP) is 3.90. The molecule has 0 saturated heterocycles. The second-order valence-corrected chi connectivity index (χ2v) is 3.84. The fraction of sp³-hybridized carbons (Fsp3) is 0.200. The maximum Gasteiger partial charge on any atom is 0.0314 e. The van der Waals surface area contributed by atoms with Gasteiger partial charge in [0.15, 0.2) is 0 Å². The zero-order valence-electron chi connectivity index (χ0n) is 10.1. The van der Waals surface area contributed by atoms with E-state index in [2.05, 4.69) is 39.1 Å². The molecule has 84 valence electrons. The van der Waals surface area contributed by atoms with Crippen LogP contribution < -0.4 is 5.73 Å². The lowest BCUT2D eigenvalue weighted by Gasteiger charge is -2.11. The molecule has 1 rings (SSSR count). The van der Waals surface area contributed by atoms with E-state index in [1.807, 2.05) is 18.2 Å². The first kappa shape index (κ1) is 12.3. The van der Waals surface area contributed by atoms with Gasteiger partial charge in [-0.05, 0) is 41.7 Å². The number of hydrogen-bond donors (Lipinski definition) is 1. The van der Waals surface area contributed by atoms with Gasteiger partial charge in [0.25, 0.3) is 0 Å². The summed E-state index contributed by atoms with van der Waals surface area (Å²) in [7, 11) is 0. The van der Waals surface area contributed by atoms with E-state index in [1.165, 1.54) is 16.7 Å². The Balaban J connectivity index is 3.30. The average molecular weight is 213 g/mol. The van der Waals surface area contributed by atoms with Crippen molar-refractivity contribution in [3.05, 3.63) is 60.2 Å². The fourth-order valence-corrected chi connectivity index (χ4v) is 1.71. The lowest BCUT2D eigenvalue weighted by molar-refractivity contribution is 1.22. The maximum atomic E-state index is 5.71. The van der Waals surface area contributed by atoms with Crippen molar-refractivity contribution >= 4 is 11.3 Å². The molecule has 0 radical (unpaired) electrons. The molecule has 0 aliphatic rings. The van der Waals surface area contributed by atoms with Gasteiger partial charge in [0.2, 0.25) is 0 Å². The molecule has 1 heteroatoms. The van der Waals surface area contributed by atoms with Crippen molar-refractivity contribution < 1.29 is 0 Å². The van der Waals surface area contributed by atoms with E-state index in [9.17, 15) is 0 Å². The Morgan fingerprint density at radius 2 is 2.12 bits per heavy atom. The third-order valence-corrected chi connectivity index (χ3v) is 2.65. The van der Waals surface area contributed by atoms with Gasteiger partial charge in [-0.1, -0.05) is 44.4 Å². The van der Waals surface area contributed by atoms with Gasteiger partial charge in [-0.25, -0.2) is 0 Å². The third kappa shape index (κ3) is 2.63. The van der Waals surface area contributed by atoms with Crippen molar-refractivity contribution in [1.29, 1.82) is 0 Å². The second kappa shape index (κ2) is 5.36. The number of aryl methyl sites for hydroxylation is 1. The molecular weight excluding hydrogens is 194 g/mol. The Kier molecular flexibility index (Phi) is 4.12. The van der Waals surface area contributed by atoms with Crippen LogP contribution in [0.3, 0.4) is 0 Å². The zero-order valence-corrected chi connectivity index (χ0v) is 10.1. The maximum absolute atomic E-state index is 5.71. The van der Waals surface area contributed by atoms with E-state index in [4.69, 9.17) is 5.73 Å². The number of allylic oxidation sites excluding steroid dienone is 3. The highest BCUT2D eigenvalue weighted by Gasteiger charge is 2.04. The summed E-state index contributed by atoms with van der Waals surface area (Å²) in [6, 6.07) is 6.17. The van der Waals surface area contributed by atoms with Gasteiger partial charge in [-0.3, -0.25) is 0 Å². The largest absolute Gasteiger partial charge is 0.399 e. The SMILES string of the molecule is C=C/C=C(/CC)c1cc(C(=C)N)ccc1C. The summed E-state index contributed by atoms with van der Waals surface area (Å²) in [5.74, 6) is 0. The van der Waals surface area contributed by atoms with Crippen LogP contribution in [0.15, 0.2) is 43.5 Å². The summed E-state index contributed by atoms with van der Waals surface area (Å²) in [4.78, 5) is 0. The van der Waals surface area contributed by atoms with E-state index in [1.54, 1.807) is 0 Å². The van der Waals surface area contributed by atoms with Gasteiger partial charge in [0, 0.05) is 5.70 Å². The van der Waals surface area contributed by atoms with Crippen LogP contribution in [-0.4, -0.2) is 0 Å². The molecule has 0 spiro atoms. The summed E-state index contributed by atoms with van der Waals surface area (Å²) in [6.07, 6.45) is 4.85. The van der Waals surface area contributed by atoms with E-state index in [0.29, 0.717) is 5.70 Å². The number of rotatable bonds is 4. The van der Waals surface area contributed by atoms with Crippen molar-refractivity contribution in [3.63, 3.8) is 0 Å². The van der Waals surface area contributed by atoms with Crippen LogP contribution in [0.25, 0.3) is 11.3 Å². The first-order valence-electron chi connectivity index (χ1n) is 5.47. The Morgan fingerprint density at radius 3 is 2.62 bits per heavy atom. The molecule has 1 aromatic rings. The molecule has 0 bridgehead atoms.